The Bertz CT molecular complexity index is 1070. The quantitative estimate of drug-likeness (QED) is 0.485. The standard InChI is InChI=1S/C23H28N4O5S/c1-2-18-12-19-21(24-23(25-22(19)33-18)32-14-16(29)13-28)27-10-8-26(9-11-27)20(30)15-31-17-6-4-3-5-7-17/h3-7,12,16,28-29H,2,8-11,13-15H2,1H3/t16-/m1/s1. The molecule has 1 aromatic carbocycles. The van der Waals surface area contributed by atoms with Gasteiger partial charge in [0.25, 0.3) is 5.91 Å². The van der Waals surface area contributed by atoms with Crippen LogP contribution in [0.15, 0.2) is 36.4 Å². The number of hydrogen-bond acceptors (Lipinski definition) is 9. The molecule has 0 aliphatic carbocycles. The van der Waals surface area contributed by atoms with Gasteiger partial charge in [-0.25, -0.2) is 0 Å². The molecule has 0 spiro atoms. The predicted octanol–water partition coefficient (Wildman–Crippen LogP) is 1.71. The molecule has 9 nitrogen and oxygen atoms in total. The van der Waals surface area contributed by atoms with Crippen LogP contribution in [0.1, 0.15) is 11.8 Å². The maximum absolute atomic E-state index is 12.6. The van der Waals surface area contributed by atoms with Crippen molar-refractivity contribution in [2.24, 2.45) is 0 Å². The Morgan fingerprint density at radius 1 is 1.15 bits per heavy atom. The summed E-state index contributed by atoms with van der Waals surface area (Å²) < 4.78 is 11.1. The number of benzene rings is 1. The van der Waals surface area contributed by atoms with Crippen LogP contribution in [0.25, 0.3) is 10.2 Å². The first-order valence-corrected chi connectivity index (χ1v) is 11.8. The second kappa shape index (κ2) is 10.8. The first-order chi connectivity index (χ1) is 16.1. The first kappa shape index (κ1) is 23.2. The van der Waals surface area contributed by atoms with Crippen molar-refractivity contribution in [1.29, 1.82) is 0 Å². The number of amides is 1. The van der Waals surface area contributed by atoms with Gasteiger partial charge in [-0.1, -0.05) is 25.1 Å². The molecular formula is C23H28N4O5S. The number of carbonyl (C=O) groups excluding carboxylic acids is 1. The van der Waals surface area contributed by atoms with Crippen LogP contribution in [0.3, 0.4) is 0 Å². The van der Waals surface area contributed by atoms with Gasteiger partial charge in [0, 0.05) is 31.1 Å². The molecule has 2 N–H and O–H groups in total. The summed E-state index contributed by atoms with van der Waals surface area (Å²) in [7, 11) is 0. The maximum Gasteiger partial charge on any atom is 0.319 e. The van der Waals surface area contributed by atoms with Gasteiger partial charge in [-0.2, -0.15) is 9.97 Å². The van der Waals surface area contributed by atoms with Crippen LogP contribution < -0.4 is 14.4 Å². The predicted molar refractivity (Wildman–Crippen MR) is 126 cm³/mol. The number of hydrogen-bond donors (Lipinski definition) is 2. The average molecular weight is 473 g/mol. The second-order valence-electron chi connectivity index (χ2n) is 7.73. The van der Waals surface area contributed by atoms with Gasteiger partial charge < -0.3 is 29.5 Å². The van der Waals surface area contributed by atoms with Crippen molar-refractivity contribution < 1.29 is 24.5 Å². The summed E-state index contributed by atoms with van der Waals surface area (Å²) in [6.07, 6.45) is -0.0984. The maximum atomic E-state index is 12.6. The normalized spacial score (nSPS) is 15.0. The van der Waals surface area contributed by atoms with Gasteiger partial charge in [0.15, 0.2) is 6.61 Å². The van der Waals surface area contributed by atoms with Crippen LogP contribution in [0.2, 0.25) is 0 Å². The van der Waals surface area contributed by atoms with E-state index in [1.54, 1.807) is 16.2 Å². The SMILES string of the molecule is CCc1cc2c(N3CCN(C(=O)COc4ccccc4)CC3)nc(OC[C@H](O)CO)nc2s1. The van der Waals surface area contributed by atoms with Crippen molar-refractivity contribution in [1.82, 2.24) is 14.9 Å². The molecule has 3 aromatic rings. The molecule has 10 heteroatoms. The highest BCUT2D eigenvalue weighted by atomic mass is 32.1. The summed E-state index contributed by atoms with van der Waals surface area (Å²) in [5.74, 6) is 1.39. The monoisotopic (exact) mass is 472 g/mol. The zero-order valence-corrected chi connectivity index (χ0v) is 19.3. The molecule has 4 rings (SSSR count). The third kappa shape index (κ3) is 5.70. The Labute approximate surface area is 196 Å². The van der Waals surface area contributed by atoms with E-state index in [1.807, 2.05) is 30.3 Å². The van der Waals surface area contributed by atoms with Gasteiger partial charge in [0.2, 0.25) is 0 Å². The molecule has 0 radical (unpaired) electrons. The minimum absolute atomic E-state index is 0.0112. The number of piperazine rings is 1. The van der Waals surface area contributed by atoms with Crippen molar-refractivity contribution in [3.05, 3.63) is 41.3 Å². The number of aliphatic hydroxyl groups is 2. The smallest absolute Gasteiger partial charge is 0.319 e. The third-order valence-corrected chi connectivity index (χ3v) is 6.58. The van der Waals surface area contributed by atoms with Gasteiger partial charge in [0.1, 0.15) is 29.1 Å². The van der Waals surface area contributed by atoms with Crippen molar-refractivity contribution in [3.63, 3.8) is 0 Å². The topological polar surface area (TPSA) is 108 Å². The number of thiophene rings is 1. The Morgan fingerprint density at radius 3 is 2.61 bits per heavy atom. The summed E-state index contributed by atoms with van der Waals surface area (Å²) in [6, 6.07) is 11.6. The lowest BCUT2D eigenvalue weighted by Crippen LogP contribution is -2.50. The number of aromatic nitrogens is 2. The molecule has 1 aliphatic heterocycles. The van der Waals surface area contributed by atoms with Gasteiger partial charge in [-0.3, -0.25) is 4.79 Å². The molecule has 0 saturated carbocycles. The van der Waals surface area contributed by atoms with E-state index in [-0.39, 0.29) is 25.1 Å². The summed E-state index contributed by atoms with van der Waals surface area (Å²) in [4.78, 5) is 27.6. The number of fused-ring (bicyclic) bond motifs is 1. The lowest BCUT2D eigenvalue weighted by molar-refractivity contribution is -0.133. The fourth-order valence-electron chi connectivity index (χ4n) is 3.56. The van der Waals surface area contributed by atoms with Crippen LogP contribution in [0, 0.1) is 0 Å². The Hall–Kier alpha value is -2.95. The number of aryl methyl sites for hydroxylation is 1. The summed E-state index contributed by atoms with van der Waals surface area (Å²) in [5.41, 5.74) is 0. The van der Waals surface area contributed by atoms with E-state index in [0.29, 0.717) is 31.9 Å². The number of para-hydroxylation sites is 1. The molecule has 1 saturated heterocycles. The first-order valence-electron chi connectivity index (χ1n) is 11.0. The zero-order valence-electron chi connectivity index (χ0n) is 18.5. The van der Waals surface area contributed by atoms with Gasteiger partial charge >= 0.3 is 6.01 Å². The number of ether oxygens (including phenoxy) is 2. The van der Waals surface area contributed by atoms with Crippen LogP contribution in [0.5, 0.6) is 11.8 Å². The highest BCUT2D eigenvalue weighted by molar-refractivity contribution is 7.18. The van der Waals surface area contributed by atoms with E-state index in [2.05, 4.69) is 27.9 Å². The molecule has 1 amide bonds. The second-order valence-corrected chi connectivity index (χ2v) is 8.85. The van der Waals surface area contributed by atoms with Crippen molar-refractivity contribution in [2.75, 3.05) is 50.9 Å². The van der Waals surface area contributed by atoms with E-state index in [4.69, 9.17) is 14.6 Å². The fourth-order valence-corrected chi connectivity index (χ4v) is 4.51. The summed E-state index contributed by atoms with van der Waals surface area (Å²) in [6.45, 7) is 4.00. The minimum Gasteiger partial charge on any atom is -0.484 e. The molecule has 0 bridgehead atoms. The third-order valence-electron chi connectivity index (χ3n) is 5.40. The minimum atomic E-state index is -0.991. The molecule has 3 heterocycles. The Kier molecular flexibility index (Phi) is 7.58. The number of nitrogens with zero attached hydrogens (tertiary/aromatic N) is 4. The molecular weight excluding hydrogens is 444 g/mol. The molecule has 1 aliphatic rings. The molecule has 176 valence electrons. The Balaban J connectivity index is 1.44. The highest BCUT2D eigenvalue weighted by Crippen LogP contribution is 2.33. The Morgan fingerprint density at radius 2 is 1.91 bits per heavy atom. The lowest BCUT2D eigenvalue weighted by atomic mass is 10.2. The van der Waals surface area contributed by atoms with Crippen molar-refractivity contribution >= 4 is 33.3 Å². The molecule has 0 unspecified atom stereocenters. The number of aliphatic hydroxyl groups excluding tert-OH is 2. The summed E-state index contributed by atoms with van der Waals surface area (Å²) in [5, 5.41) is 19.6. The van der Waals surface area contributed by atoms with Gasteiger partial charge in [-0.05, 0) is 24.6 Å². The highest BCUT2D eigenvalue weighted by Gasteiger charge is 2.25. The summed E-state index contributed by atoms with van der Waals surface area (Å²) >= 11 is 1.59. The molecule has 1 atom stereocenters. The average Bonchev–Trinajstić information content (AvgIpc) is 3.29. The zero-order chi connectivity index (χ0) is 23.2. The van der Waals surface area contributed by atoms with Gasteiger partial charge in [-0.15, -0.1) is 11.3 Å². The lowest BCUT2D eigenvalue weighted by Gasteiger charge is -2.35. The largest absolute Gasteiger partial charge is 0.484 e. The van der Waals surface area contributed by atoms with E-state index < -0.39 is 12.7 Å². The fraction of sp³-hybridized carbons (Fsp3) is 0.435. The number of anilines is 1. The van der Waals surface area contributed by atoms with Crippen LogP contribution in [-0.2, 0) is 11.2 Å². The van der Waals surface area contributed by atoms with Crippen LogP contribution in [-0.4, -0.2) is 83.1 Å². The molecule has 1 fully saturated rings. The van der Waals surface area contributed by atoms with Crippen molar-refractivity contribution in [2.45, 2.75) is 19.4 Å². The van der Waals surface area contributed by atoms with E-state index in [0.717, 1.165) is 22.5 Å². The van der Waals surface area contributed by atoms with Crippen LogP contribution >= 0.6 is 11.3 Å². The number of carbonyl (C=O) groups is 1. The van der Waals surface area contributed by atoms with Gasteiger partial charge in [0.05, 0.1) is 12.0 Å². The number of rotatable bonds is 9. The molecule has 33 heavy (non-hydrogen) atoms. The van der Waals surface area contributed by atoms with Crippen LogP contribution in [0.4, 0.5) is 5.82 Å². The van der Waals surface area contributed by atoms with E-state index >= 15 is 0 Å². The van der Waals surface area contributed by atoms with E-state index in [9.17, 15) is 9.90 Å². The van der Waals surface area contributed by atoms with Crippen molar-refractivity contribution in [3.8, 4) is 11.8 Å². The van der Waals surface area contributed by atoms with E-state index in [1.165, 1.54) is 4.88 Å². The molecule has 2 aromatic heterocycles.